The number of halogens is 1. The summed E-state index contributed by atoms with van der Waals surface area (Å²) in [6.07, 6.45) is 7.76. The van der Waals surface area contributed by atoms with Crippen LogP contribution in [0.25, 0.3) is 6.08 Å². The molecule has 0 atom stereocenters. The number of carbonyl (C=O) groups is 1. The fourth-order valence-corrected chi connectivity index (χ4v) is 6.12. The molecule has 0 radical (unpaired) electrons. The van der Waals surface area contributed by atoms with Crippen LogP contribution in [-0.2, 0) is 24.4 Å². The van der Waals surface area contributed by atoms with E-state index in [1.165, 1.54) is 23.3 Å². The topological polar surface area (TPSA) is 77.0 Å². The Kier molecular flexibility index (Phi) is 11.3. The number of carbonyl (C=O) groups excluding carboxylic acids is 1. The molecule has 3 aromatic carbocycles. The van der Waals surface area contributed by atoms with Gasteiger partial charge in [0.1, 0.15) is 29.7 Å². The van der Waals surface area contributed by atoms with Gasteiger partial charge >= 0.3 is 0 Å². The molecular weight excluding hydrogens is 640 g/mol. The highest BCUT2D eigenvalue weighted by Gasteiger charge is 2.20. The number of aromatic nitrogens is 2. The molecule has 8 nitrogen and oxygen atoms in total. The predicted octanol–water partition coefficient (Wildman–Crippen LogP) is 7.64. The maximum Gasteiger partial charge on any atom is 0.246 e. The number of thiazole rings is 1. The van der Waals surface area contributed by atoms with Gasteiger partial charge in [-0.15, -0.1) is 11.3 Å². The van der Waals surface area contributed by atoms with Gasteiger partial charge in [0.2, 0.25) is 11.8 Å². The van der Waals surface area contributed by atoms with Crippen LogP contribution in [0.5, 0.6) is 23.1 Å². The summed E-state index contributed by atoms with van der Waals surface area (Å²) in [7, 11) is 0. The number of ether oxygens (including phenoxy) is 3. The summed E-state index contributed by atoms with van der Waals surface area (Å²) in [6, 6.07) is 22.3. The Morgan fingerprint density at radius 1 is 0.878 bits per heavy atom. The average Bonchev–Trinajstić information content (AvgIpc) is 3.64. The second-order valence-electron chi connectivity index (χ2n) is 12.0. The summed E-state index contributed by atoms with van der Waals surface area (Å²) < 4.78 is 30.7. The molecule has 0 aliphatic carbocycles. The van der Waals surface area contributed by atoms with Crippen molar-refractivity contribution < 1.29 is 23.4 Å². The molecular formula is C39H39FN4O4S. The molecule has 1 saturated heterocycles. The number of amides is 1. The van der Waals surface area contributed by atoms with Crippen LogP contribution in [0, 0.1) is 19.7 Å². The smallest absolute Gasteiger partial charge is 0.246 e. The number of rotatable bonds is 13. The fourth-order valence-electron chi connectivity index (χ4n) is 5.61. The summed E-state index contributed by atoms with van der Waals surface area (Å²) in [4.78, 5) is 26.8. The molecule has 10 heteroatoms. The Bertz CT molecular complexity index is 1820. The molecule has 0 spiro atoms. The molecule has 0 unspecified atom stereocenters. The first-order valence-corrected chi connectivity index (χ1v) is 17.2. The summed E-state index contributed by atoms with van der Waals surface area (Å²) in [6.45, 7) is 8.84. The number of piperazine rings is 1. The zero-order chi connectivity index (χ0) is 34.0. The van der Waals surface area contributed by atoms with E-state index in [1.54, 1.807) is 53.5 Å². The van der Waals surface area contributed by atoms with E-state index < -0.39 is 0 Å². The van der Waals surface area contributed by atoms with Gasteiger partial charge in [-0.1, -0.05) is 24.3 Å². The summed E-state index contributed by atoms with van der Waals surface area (Å²) in [5, 5.41) is 0. The average molecular weight is 679 g/mol. The summed E-state index contributed by atoms with van der Waals surface area (Å²) >= 11 is 1.55. The van der Waals surface area contributed by atoms with E-state index in [0.717, 1.165) is 53.4 Å². The first-order valence-electron chi connectivity index (χ1n) is 16.3. The molecule has 6 rings (SSSR count). The molecule has 1 fully saturated rings. The van der Waals surface area contributed by atoms with E-state index in [0.29, 0.717) is 43.7 Å². The Morgan fingerprint density at radius 3 is 2.27 bits per heavy atom. The van der Waals surface area contributed by atoms with Crippen LogP contribution in [-0.4, -0.2) is 58.5 Å². The minimum Gasteiger partial charge on any atom is -0.493 e. The normalized spacial score (nSPS) is 13.5. The van der Waals surface area contributed by atoms with Crippen molar-refractivity contribution in [3.63, 3.8) is 0 Å². The first-order chi connectivity index (χ1) is 23.9. The minimum absolute atomic E-state index is 0.0179. The monoisotopic (exact) mass is 678 g/mol. The van der Waals surface area contributed by atoms with Crippen molar-refractivity contribution in [1.82, 2.24) is 19.8 Å². The molecule has 1 aliphatic heterocycles. The van der Waals surface area contributed by atoms with Crippen LogP contribution < -0.4 is 14.2 Å². The van der Waals surface area contributed by atoms with Crippen molar-refractivity contribution in [3.05, 3.63) is 135 Å². The second kappa shape index (κ2) is 16.4. The SMILES string of the molecule is Cc1cc(C=CC(=O)N2CCN(Cc3ccc(CCOc4ccc(F)cc4)cc3)CC2)cc(C)c1Oc1ccc(OCc2cncs2)cn1. The Morgan fingerprint density at radius 2 is 1.59 bits per heavy atom. The van der Waals surface area contributed by atoms with Crippen LogP contribution in [0.15, 0.2) is 96.8 Å². The third-order valence-electron chi connectivity index (χ3n) is 8.27. The lowest BCUT2D eigenvalue weighted by Crippen LogP contribution is -2.47. The number of hydrogen-bond acceptors (Lipinski definition) is 8. The lowest BCUT2D eigenvalue weighted by molar-refractivity contribution is -0.127. The number of nitrogens with zero attached hydrogens (tertiary/aromatic N) is 4. The lowest BCUT2D eigenvalue weighted by Gasteiger charge is -2.34. The predicted molar refractivity (Wildman–Crippen MR) is 190 cm³/mol. The van der Waals surface area contributed by atoms with E-state index in [1.807, 2.05) is 43.0 Å². The first kappa shape index (κ1) is 33.8. The minimum atomic E-state index is -0.268. The van der Waals surface area contributed by atoms with Gasteiger partial charge in [-0.05, 0) is 90.2 Å². The Balaban J connectivity index is 0.933. The van der Waals surface area contributed by atoms with E-state index in [4.69, 9.17) is 14.2 Å². The van der Waals surface area contributed by atoms with Gasteiger partial charge in [0.15, 0.2) is 0 Å². The highest BCUT2D eigenvalue weighted by Crippen LogP contribution is 2.30. The molecule has 2 aromatic heterocycles. The van der Waals surface area contributed by atoms with E-state index >= 15 is 0 Å². The van der Waals surface area contributed by atoms with Gasteiger partial charge in [-0.25, -0.2) is 9.37 Å². The molecule has 5 aromatic rings. The van der Waals surface area contributed by atoms with E-state index in [-0.39, 0.29) is 11.7 Å². The maximum atomic E-state index is 13.1. The molecule has 49 heavy (non-hydrogen) atoms. The third-order valence-corrected chi connectivity index (χ3v) is 9.02. The Hall–Kier alpha value is -5.06. The fraction of sp³-hybridized carbons (Fsp3) is 0.256. The van der Waals surface area contributed by atoms with Crippen LogP contribution in [0.1, 0.15) is 32.7 Å². The molecule has 252 valence electrons. The zero-order valence-electron chi connectivity index (χ0n) is 27.7. The van der Waals surface area contributed by atoms with Crippen molar-refractivity contribution in [2.24, 2.45) is 0 Å². The van der Waals surface area contributed by atoms with Gasteiger partial charge in [0.05, 0.1) is 23.2 Å². The standard InChI is InChI=1S/C39H39FN4O4S/c1-28-21-32(22-29(2)39(28)48-37-13-12-35(23-42-37)47-26-36-24-41-27-49-36)7-14-38(45)44-18-16-43(17-19-44)25-31-5-3-30(4-6-31)15-20-46-34-10-8-33(40)9-11-34/h3-14,21-24,27H,15-20,25-26H2,1-2H3. The Labute approximate surface area is 290 Å². The van der Waals surface area contributed by atoms with Gasteiger partial charge in [-0.2, -0.15) is 0 Å². The molecule has 1 amide bonds. The molecule has 3 heterocycles. The molecule has 0 N–H and O–H groups in total. The van der Waals surface area contributed by atoms with Crippen molar-refractivity contribution in [1.29, 1.82) is 0 Å². The maximum absolute atomic E-state index is 13.1. The van der Waals surface area contributed by atoms with Crippen molar-refractivity contribution in [3.8, 4) is 23.1 Å². The highest BCUT2D eigenvalue weighted by molar-refractivity contribution is 7.09. The largest absolute Gasteiger partial charge is 0.493 e. The third kappa shape index (κ3) is 9.74. The number of aryl methyl sites for hydroxylation is 2. The summed E-state index contributed by atoms with van der Waals surface area (Å²) in [5.74, 6) is 2.31. The van der Waals surface area contributed by atoms with Gasteiger partial charge in [-0.3, -0.25) is 14.7 Å². The highest BCUT2D eigenvalue weighted by atomic mass is 32.1. The van der Waals surface area contributed by atoms with Crippen molar-refractivity contribution in [2.75, 3.05) is 32.8 Å². The van der Waals surface area contributed by atoms with Crippen LogP contribution in [0.3, 0.4) is 0 Å². The lowest BCUT2D eigenvalue weighted by atomic mass is 10.1. The molecule has 1 aliphatic rings. The van der Waals surface area contributed by atoms with Crippen molar-refractivity contribution in [2.45, 2.75) is 33.4 Å². The van der Waals surface area contributed by atoms with Crippen molar-refractivity contribution >= 4 is 23.3 Å². The molecule has 0 bridgehead atoms. The van der Waals surface area contributed by atoms with Gasteiger partial charge in [0.25, 0.3) is 0 Å². The van der Waals surface area contributed by atoms with Crippen LogP contribution >= 0.6 is 11.3 Å². The summed E-state index contributed by atoms with van der Waals surface area (Å²) in [5.41, 5.74) is 7.07. The zero-order valence-corrected chi connectivity index (χ0v) is 28.5. The van der Waals surface area contributed by atoms with Crippen LogP contribution in [0.2, 0.25) is 0 Å². The second-order valence-corrected chi connectivity index (χ2v) is 12.9. The number of hydrogen-bond donors (Lipinski definition) is 0. The van der Waals surface area contributed by atoms with E-state index in [9.17, 15) is 9.18 Å². The quantitative estimate of drug-likeness (QED) is 0.119. The van der Waals surface area contributed by atoms with Gasteiger partial charge < -0.3 is 19.1 Å². The number of pyridine rings is 1. The van der Waals surface area contributed by atoms with Gasteiger partial charge in [0, 0.05) is 57.5 Å². The number of benzene rings is 3. The molecule has 0 saturated carbocycles. The van der Waals surface area contributed by atoms with E-state index in [2.05, 4.69) is 39.1 Å². The van der Waals surface area contributed by atoms with Crippen LogP contribution in [0.4, 0.5) is 4.39 Å².